The van der Waals surface area contributed by atoms with Crippen LogP contribution in [0.3, 0.4) is 0 Å². The Morgan fingerprint density at radius 1 is 1.26 bits per heavy atom. The molecule has 3 nitrogen and oxygen atoms in total. The van der Waals surface area contributed by atoms with Gasteiger partial charge in [-0.25, -0.2) is 0 Å². The maximum atomic E-state index is 9.60. The first kappa shape index (κ1) is 14.4. The number of methoxy groups -OCH3 is 1. The van der Waals surface area contributed by atoms with Gasteiger partial charge in [0.05, 0.1) is 13.2 Å². The average molecular weight is 263 g/mol. The molecular weight excluding hydrogens is 238 g/mol. The molecule has 1 aromatic carbocycles. The number of aliphatic hydroxyl groups is 1. The van der Waals surface area contributed by atoms with Crippen LogP contribution in [0.25, 0.3) is 0 Å². The number of nitrogens with zero attached hydrogens (tertiary/aromatic N) is 1. The lowest BCUT2D eigenvalue weighted by molar-refractivity contribution is 0.0727. The Labute approximate surface area is 116 Å². The molecule has 0 aliphatic heterocycles. The topological polar surface area (TPSA) is 32.7 Å². The predicted octanol–water partition coefficient (Wildman–Crippen LogP) is 2.82. The fourth-order valence-corrected chi connectivity index (χ4v) is 2.93. The highest BCUT2D eigenvalue weighted by Gasteiger charge is 2.23. The Morgan fingerprint density at radius 3 is 2.63 bits per heavy atom. The highest BCUT2D eigenvalue weighted by Crippen LogP contribution is 2.25. The van der Waals surface area contributed by atoms with Crippen LogP contribution in [0.5, 0.6) is 5.75 Å². The molecule has 0 bridgehead atoms. The molecule has 0 amide bonds. The molecule has 1 aliphatic carbocycles. The third kappa shape index (κ3) is 3.95. The smallest absolute Gasteiger partial charge is 0.119 e. The molecule has 3 heteroatoms. The van der Waals surface area contributed by atoms with E-state index < -0.39 is 0 Å². The first-order valence-corrected chi connectivity index (χ1v) is 7.28. The molecule has 0 spiro atoms. The Balaban J connectivity index is 1.98. The van der Waals surface area contributed by atoms with Crippen LogP contribution in [-0.4, -0.2) is 35.8 Å². The van der Waals surface area contributed by atoms with Gasteiger partial charge in [-0.1, -0.05) is 19.1 Å². The number of ether oxygens (including phenoxy) is 1. The van der Waals surface area contributed by atoms with Crippen molar-refractivity contribution in [3.8, 4) is 5.75 Å². The molecule has 0 radical (unpaired) electrons. The van der Waals surface area contributed by atoms with Crippen molar-refractivity contribution in [2.24, 2.45) is 0 Å². The number of benzene rings is 1. The summed E-state index contributed by atoms with van der Waals surface area (Å²) >= 11 is 0. The van der Waals surface area contributed by atoms with Gasteiger partial charge in [0.1, 0.15) is 5.75 Å². The van der Waals surface area contributed by atoms with Crippen LogP contribution < -0.4 is 4.74 Å². The third-order valence-electron chi connectivity index (χ3n) is 4.11. The molecule has 0 aromatic heterocycles. The highest BCUT2D eigenvalue weighted by atomic mass is 16.5. The fourth-order valence-electron chi connectivity index (χ4n) is 2.93. The molecular formula is C16H25NO2. The van der Waals surface area contributed by atoms with Gasteiger partial charge in [-0.05, 0) is 49.9 Å². The lowest BCUT2D eigenvalue weighted by Crippen LogP contribution is -2.38. The summed E-state index contributed by atoms with van der Waals surface area (Å²) in [7, 11) is 1.71. The summed E-state index contributed by atoms with van der Waals surface area (Å²) < 4.78 is 5.28. The van der Waals surface area contributed by atoms with Gasteiger partial charge in [0, 0.05) is 12.6 Å². The first-order valence-electron chi connectivity index (χ1n) is 7.28. The van der Waals surface area contributed by atoms with E-state index in [1.54, 1.807) is 7.11 Å². The minimum Gasteiger partial charge on any atom is -0.497 e. The van der Waals surface area contributed by atoms with Crippen LogP contribution in [0.4, 0.5) is 0 Å². The molecule has 0 unspecified atom stereocenters. The van der Waals surface area contributed by atoms with E-state index in [2.05, 4.69) is 24.0 Å². The van der Waals surface area contributed by atoms with Gasteiger partial charge in [0.15, 0.2) is 0 Å². The third-order valence-corrected chi connectivity index (χ3v) is 4.11. The van der Waals surface area contributed by atoms with Crippen molar-refractivity contribution in [3.63, 3.8) is 0 Å². The van der Waals surface area contributed by atoms with Crippen molar-refractivity contribution in [1.29, 1.82) is 0 Å². The van der Waals surface area contributed by atoms with Crippen molar-refractivity contribution in [3.05, 3.63) is 29.8 Å². The molecule has 0 saturated heterocycles. The van der Waals surface area contributed by atoms with Crippen LogP contribution in [0.1, 0.15) is 38.2 Å². The van der Waals surface area contributed by atoms with Crippen LogP contribution in [0.2, 0.25) is 0 Å². The van der Waals surface area contributed by atoms with Gasteiger partial charge in [-0.2, -0.15) is 0 Å². The van der Waals surface area contributed by atoms with E-state index in [4.69, 9.17) is 4.74 Å². The van der Waals surface area contributed by atoms with Crippen molar-refractivity contribution < 1.29 is 9.84 Å². The van der Waals surface area contributed by atoms with Crippen molar-refractivity contribution in [2.75, 3.05) is 13.7 Å². The zero-order valence-electron chi connectivity index (χ0n) is 12.0. The first-order chi connectivity index (χ1) is 9.22. The Hall–Kier alpha value is -1.06. The SMILES string of the molecule is CCN(Cc1cccc(OC)c1)C1CCC(O)CC1. The molecule has 1 aliphatic rings. The number of aliphatic hydroxyl groups excluding tert-OH is 1. The maximum Gasteiger partial charge on any atom is 0.119 e. The van der Waals surface area contributed by atoms with E-state index in [1.807, 2.05) is 12.1 Å². The normalized spacial score (nSPS) is 23.6. The average Bonchev–Trinajstić information content (AvgIpc) is 2.46. The summed E-state index contributed by atoms with van der Waals surface area (Å²) in [6.45, 7) is 4.23. The van der Waals surface area contributed by atoms with E-state index in [0.717, 1.165) is 44.5 Å². The standard InChI is InChI=1S/C16H25NO2/c1-3-17(14-7-9-15(18)10-8-14)12-13-5-4-6-16(11-13)19-2/h4-6,11,14-15,18H,3,7-10,12H2,1-2H3. The molecule has 0 atom stereocenters. The lowest BCUT2D eigenvalue weighted by atomic mass is 9.91. The second-order valence-electron chi connectivity index (χ2n) is 5.38. The summed E-state index contributed by atoms with van der Waals surface area (Å²) in [5.74, 6) is 0.924. The van der Waals surface area contributed by atoms with Gasteiger partial charge in [0.25, 0.3) is 0 Å². The van der Waals surface area contributed by atoms with Crippen LogP contribution >= 0.6 is 0 Å². The van der Waals surface area contributed by atoms with Crippen molar-refractivity contribution in [2.45, 2.75) is 51.3 Å². The van der Waals surface area contributed by atoms with Gasteiger partial charge in [-0.3, -0.25) is 4.90 Å². The minimum absolute atomic E-state index is 0.0771. The zero-order chi connectivity index (χ0) is 13.7. The van der Waals surface area contributed by atoms with E-state index in [1.165, 1.54) is 5.56 Å². The van der Waals surface area contributed by atoms with Crippen molar-refractivity contribution >= 4 is 0 Å². The van der Waals surface area contributed by atoms with E-state index in [9.17, 15) is 5.11 Å². The summed E-state index contributed by atoms with van der Waals surface area (Å²) in [4.78, 5) is 2.51. The second-order valence-corrected chi connectivity index (χ2v) is 5.38. The molecule has 106 valence electrons. The summed E-state index contributed by atoms with van der Waals surface area (Å²) in [5, 5.41) is 9.60. The fraction of sp³-hybridized carbons (Fsp3) is 0.625. The molecule has 0 heterocycles. The van der Waals surface area contributed by atoms with Gasteiger partial charge < -0.3 is 9.84 Å². The Kier molecular flexibility index (Phi) is 5.23. The second kappa shape index (κ2) is 6.92. The lowest BCUT2D eigenvalue weighted by Gasteiger charge is -2.35. The van der Waals surface area contributed by atoms with E-state index in [0.29, 0.717) is 6.04 Å². The molecule has 2 rings (SSSR count). The Morgan fingerprint density at radius 2 is 2.00 bits per heavy atom. The zero-order valence-corrected chi connectivity index (χ0v) is 12.0. The predicted molar refractivity (Wildman–Crippen MR) is 77.3 cm³/mol. The quantitative estimate of drug-likeness (QED) is 0.886. The Bertz CT molecular complexity index is 386. The summed E-state index contributed by atoms with van der Waals surface area (Å²) in [5.41, 5.74) is 1.30. The van der Waals surface area contributed by atoms with Crippen LogP contribution in [0.15, 0.2) is 24.3 Å². The van der Waals surface area contributed by atoms with Crippen LogP contribution in [-0.2, 0) is 6.54 Å². The number of hydrogen-bond acceptors (Lipinski definition) is 3. The molecule has 1 fully saturated rings. The molecule has 19 heavy (non-hydrogen) atoms. The summed E-state index contributed by atoms with van der Waals surface area (Å²) in [6.07, 6.45) is 4.03. The van der Waals surface area contributed by atoms with Crippen molar-refractivity contribution in [1.82, 2.24) is 4.90 Å². The highest BCUT2D eigenvalue weighted by molar-refractivity contribution is 5.28. The molecule has 1 aromatic rings. The van der Waals surface area contributed by atoms with Gasteiger partial charge >= 0.3 is 0 Å². The van der Waals surface area contributed by atoms with E-state index in [-0.39, 0.29) is 6.10 Å². The molecule has 1 saturated carbocycles. The van der Waals surface area contributed by atoms with E-state index >= 15 is 0 Å². The minimum atomic E-state index is -0.0771. The van der Waals surface area contributed by atoms with Crippen LogP contribution in [0, 0.1) is 0 Å². The largest absolute Gasteiger partial charge is 0.497 e. The number of rotatable bonds is 5. The molecule has 1 N–H and O–H groups in total. The maximum absolute atomic E-state index is 9.60. The van der Waals surface area contributed by atoms with Gasteiger partial charge in [-0.15, -0.1) is 0 Å². The number of hydrogen-bond donors (Lipinski definition) is 1. The van der Waals surface area contributed by atoms with Gasteiger partial charge in [0.2, 0.25) is 0 Å². The summed E-state index contributed by atoms with van der Waals surface area (Å²) in [6, 6.07) is 8.91. The monoisotopic (exact) mass is 263 g/mol.